The summed E-state index contributed by atoms with van der Waals surface area (Å²) in [6.07, 6.45) is 0. The van der Waals surface area contributed by atoms with Gasteiger partial charge >= 0.3 is 0 Å². The lowest BCUT2D eigenvalue weighted by molar-refractivity contribution is 0.576. The van der Waals surface area contributed by atoms with Crippen LogP contribution in [0, 0.1) is 11.3 Å². The number of nitrogens with two attached hydrogens (primary N) is 2. The molecule has 0 saturated heterocycles. The van der Waals surface area contributed by atoms with Crippen molar-refractivity contribution in [2.45, 2.75) is 6.92 Å². The molecule has 0 heterocycles. The summed E-state index contributed by atoms with van der Waals surface area (Å²) in [5, 5.41) is 11.5. The van der Waals surface area contributed by atoms with Crippen molar-refractivity contribution in [3.05, 3.63) is 0 Å². The van der Waals surface area contributed by atoms with E-state index in [0.29, 0.717) is 0 Å². The van der Waals surface area contributed by atoms with Crippen LogP contribution in [0.5, 0.6) is 0 Å². The van der Waals surface area contributed by atoms with E-state index in [-0.39, 0.29) is 18.3 Å². The van der Waals surface area contributed by atoms with Crippen molar-refractivity contribution in [2.75, 3.05) is 6.54 Å². The molecule has 66 valence electrons. The van der Waals surface area contributed by atoms with Crippen LogP contribution in [0.1, 0.15) is 6.92 Å². The molecule has 7 heteroatoms. The first-order valence-electron chi connectivity index (χ1n) is 2.94. The van der Waals surface area contributed by atoms with Gasteiger partial charge in [0.05, 0.1) is 5.84 Å². The lowest BCUT2D eigenvalue weighted by Gasteiger charge is -2.08. The van der Waals surface area contributed by atoms with Crippen LogP contribution in [0.2, 0.25) is 0 Å². The van der Waals surface area contributed by atoms with E-state index in [1.165, 1.54) is 0 Å². The smallest absolute Gasteiger partial charge is 0.274 e. The van der Waals surface area contributed by atoms with Gasteiger partial charge in [-0.3, -0.25) is 5.41 Å². The number of hydrogen-bond donors (Lipinski definition) is 4. The summed E-state index contributed by atoms with van der Waals surface area (Å²) in [7, 11) is -3.65. The fraction of sp³-hybridized carbons (Fsp3) is 0.750. The van der Waals surface area contributed by atoms with Crippen molar-refractivity contribution < 1.29 is 8.42 Å². The van der Waals surface area contributed by atoms with Crippen LogP contribution in [0.3, 0.4) is 0 Å². The Balaban J connectivity index is 3.82. The van der Waals surface area contributed by atoms with E-state index in [9.17, 15) is 8.42 Å². The Morgan fingerprint density at radius 2 is 2.18 bits per heavy atom. The molecular weight excluding hydrogens is 168 g/mol. The minimum Gasteiger partial charge on any atom is -0.387 e. The fourth-order valence-electron chi connectivity index (χ4n) is 0.351. The largest absolute Gasteiger partial charge is 0.387 e. The van der Waals surface area contributed by atoms with Gasteiger partial charge in [0, 0.05) is 12.5 Å². The van der Waals surface area contributed by atoms with Gasteiger partial charge < -0.3 is 5.73 Å². The molecule has 0 aliphatic rings. The van der Waals surface area contributed by atoms with Gasteiger partial charge in [0.15, 0.2) is 0 Å². The number of hydrogen-bond acceptors (Lipinski definition) is 3. The van der Waals surface area contributed by atoms with Gasteiger partial charge in [-0.25, -0.2) is 9.86 Å². The third kappa shape index (κ3) is 5.77. The summed E-state index contributed by atoms with van der Waals surface area (Å²) in [5.41, 5.74) is 5.07. The van der Waals surface area contributed by atoms with E-state index in [0.717, 1.165) is 0 Å². The minimum absolute atomic E-state index is 0.0637. The summed E-state index contributed by atoms with van der Waals surface area (Å²) in [5.74, 6) is -0.394. The van der Waals surface area contributed by atoms with E-state index >= 15 is 0 Å². The van der Waals surface area contributed by atoms with Crippen molar-refractivity contribution in [1.82, 2.24) is 4.72 Å². The third-order valence-electron chi connectivity index (χ3n) is 1.12. The zero-order valence-corrected chi connectivity index (χ0v) is 6.98. The van der Waals surface area contributed by atoms with E-state index in [1.54, 1.807) is 6.92 Å². The predicted molar refractivity (Wildman–Crippen MR) is 42.2 cm³/mol. The molecule has 0 radical (unpaired) electrons. The highest BCUT2D eigenvalue weighted by Gasteiger charge is 2.07. The predicted octanol–water partition coefficient (Wildman–Crippen LogP) is -1.65. The lowest BCUT2D eigenvalue weighted by atomic mass is 10.2. The standard InChI is InChI=1S/C4H12N4O2S/c1-3(4(5)6)2-8-11(7,9)10/h3,8H,2H2,1H3,(H3,5,6)(H2,7,9,10). The monoisotopic (exact) mass is 180 g/mol. The molecule has 0 aromatic carbocycles. The van der Waals surface area contributed by atoms with Crippen molar-refractivity contribution in [3.63, 3.8) is 0 Å². The van der Waals surface area contributed by atoms with E-state index < -0.39 is 10.2 Å². The molecule has 11 heavy (non-hydrogen) atoms. The Bertz CT molecular complexity index is 234. The minimum atomic E-state index is -3.65. The molecule has 1 atom stereocenters. The van der Waals surface area contributed by atoms with Gasteiger partial charge in [0.1, 0.15) is 0 Å². The zero-order valence-electron chi connectivity index (χ0n) is 6.16. The number of amidine groups is 1. The van der Waals surface area contributed by atoms with Crippen molar-refractivity contribution in [2.24, 2.45) is 16.8 Å². The fourth-order valence-corrected chi connectivity index (χ4v) is 0.833. The van der Waals surface area contributed by atoms with Crippen molar-refractivity contribution in [1.29, 1.82) is 5.41 Å². The maximum absolute atomic E-state index is 10.3. The Kier molecular flexibility index (Phi) is 3.43. The normalized spacial score (nSPS) is 14.4. The number of nitrogens with one attached hydrogen (secondary N) is 2. The van der Waals surface area contributed by atoms with Gasteiger partial charge in [0.2, 0.25) is 0 Å². The molecule has 1 unspecified atom stereocenters. The topological polar surface area (TPSA) is 122 Å². The van der Waals surface area contributed by atoms with Crippen LogP contribution in [-0.4, -0.2) is 20.8 Å². The van der Waals surface area contributed by atoms with Crippen molar-refractivity contribution >= 4 is 16.0 Å². The molecule has 0 fully saturated rings. The molecular formula is C4H12N4O2S. The highest BCUT2D eigenvalue weighted by molar-refractivity contribution is 7.87. The summed E-state index contributed by atoms with van der Waals surface area (Å²) in [6, 6.07) is 0. The molecule has 0 spiro atoms. The summed E-state index contributed by atoms with van der Waals surface area (Å²) < 4.78 is 22.7. The van der Waals surface area contributed by atoms with Crippen LogP contribution in [0.25, 0.3) is 0 Å². The van der Waals surface area contributed by atoms with Gasteiger partial charge in [-0.15, -0.1) is 0 Å². The van der Waals surface area contributed by atoms with Crippen LogP contribution in [0.4, 0.5) is 0 Å². The molecule has 0 bridgehead atoms. The Labute approximate surface area is 65.6 Å². The van der Waals surface area contributed by atoms with Gasteiger partial charge in [-0.1, -0.05) is 6.92 Å². The SMILES string of the molecule is CC(CNS(N)(=O)=O)C(=N)N. The Morgan fingerprint density at radius 3 is 2.45 bits per heavy atom. The van der Waals surface area contributed by atoms with Crippen LogP contribution >= 0.6 is 0 Å². The molecule has 0 aromatic rings. The van der Waals surface area contributed by atoms with Gasteiger partial charge in [0.25, 0.3) is 10.2 Å². The van der Waals surface area contributed by atoms with Gasteiger partial charge in [-0.2, -0.15) is 8.42 Å². The first-order valence-corrected chi connectivity index (χ1v) is 4.49. The molecule has 6 nitrogen and oxygen atoms in total. The summed E-state index contributed by atoms with van der Waals surface area (Å²) in [4.78, 5) is 0. The molecule has 0 saturated carbocycles. The Hall–Kier alpha value is -0.660. The third-order valence-corrected chi connectivity index (χ3v) is 1.69. The van der Waals surface area contributed by atoms with Crippen LogP contribution in [-0.2, 0) is 10.2 Å². The molecule has 0 aliphatic carbocycles. The first-order chi connectivity index (χ1) is 4.83. The summed E-state index contributed by atoms with van der Waals surface area (Å²) >= 11 is 0. The van der Waals surface area contributed by atoms with Gasteiger partial charge in [-0.05, 0) is 0 Å². The maximum atomic E-state index is 10.3. The average Bonchev–Trinajstić information content (AvgIpc) is 1.80. The summed E-state index contributed by atoms with van der Waals surface area (Å²) in [6.45, 7) is 1.69. The zero-order chi connectivity index (χ0) is 9.07. The Morgan fingerprint density at radius 1 is 1.73 bits per heavy atom. The second-order valence-electron chi connectivity index (χ2n) is 2.25. The lowest BCUT2D eigenvalue weighted by Crippen LogP contribution is -2.37. The van der Waals surface area contributed by atoms with Crippen molar-refractivity contribution in [3.8, 4) is 0 Å². The molecule has 6 N–H and O–H groups in total. The molecule has 0 aromatic heterocycles. The second-order valence-corrected chi connectivity index (χ2v) is 3.63. The number of rotatable bonds is 4. The average molecular weight is 180 g/mol. The molecule has 0 aliphatic heterocycles. The van der Waals surface area contributed by atoms with Crippen LogP contribution in [0.15, 0.2) is 0 Å². The highest BCUT2D eigenvalue weighted by Crippen LogP contribution is 1.89. The second kappa shape index (κ2) is 3.65. The quantitative estimate of drug-likeness (QED) is 0.306. The molecule has 0 amide bonds. The van der Waals surface area contributed by atoms with E-state index in [1.807, 2.05) is 4.72 Å². The van der Waals surface area contributed by atoms with E-state index in [2.05, 4.69) is 5.14 Å². The first kappa shape index (κ1) is 10.3. The maximum Gasteiger partial charge on any atom is 0.274 e. The van der Waals surface area contributed by atoms with Crippen LogP contribution < -0.4 is 15.6 Å². The van der Waals surface area contributed by atoms with E-state index in [4.69, 9.17) is 11.1 Å². The highest BCUT2D eigenvalue weighted by atomic mass is 32.2. The molecule has 0 rings (SSSR count).